The monoisotopic (exact) mass is 485 g/mol. The Hall–Kier alpha value is -4.31. The Labute approximate surface area is 217 Å². The van der Waals surface area contributed by atoms with Gasteiger partial charge in [0.05, 0.1) is 24.4 Å². The van der Waals surface area contributed by atoms with E-state index in [4.69, 9.17) is 9.84 Å². The highest BCUT2D eigenvalue weighted by Gasteiger charge is 2.17. The van der Waals surface area contributed by atoms with Crippen molar-refractivity contribution in [2.45, 2.75) is 33.2 Å². The molecule has 0 radical (unpaired) electrons. The molecule has 6 aromatic rings. The third-order valence-corrected chi connectivity index (χ3v) is 7.22. The molecule has 6 rings (SSSR count). The van der Waals surface area contributed by atoms with Gasteiger partial charge < -0.3 is 9.72 Å². The highest BCUT2D eigenvalue weighted by Crippen LogP contribution is 2.34. The van der Waals surface area contributed by atoms with Crippen molar-refractivity contribution in [3.05, 3.63) is 120 Å². The largest absolute Gasteiger partial charge is 0.493 e. The van der Waals surface area contributed by atoms with Crippen LogP contribution in [0.3, 0.4) is 0 Å². The number of fused-ring (bicyclic) bond motifs is 2. The molecule has 1 N–H and O–H groups in total. The number of para-hydroxylation sites is 1. The van der Waals surface area contributed by atoms with E-state index in [1.165, 1.54) is 49.6 Å². The first kappa shape index (κ1) is 23.1. The van der Waals surface area contributed by atoms with Crippen molar-refractivity contribution in [3.63, 3.8) is 0 Å². The molecule has 2 aromatic heterocycles. The molecule has 37 heavy (non-hydrogen) atoms. The summed E-state index contributed by atoms with van der Waals surface area (Å²) in [5.41, 5.74) is 8.43. The van der Waals surface area contributed by atoms with Crippen LogP contribution in [0.2, 0.25) is 0 Å². The molecule has 0 aliphatic carbocycles. The van der Waals surface area contributed by atoms with E-state index in [-0.39, 0.29) is 0 Å². The molecular formula is C33H31N3O. The number of aryl methyl sites for hydroxylation is 2. The molecular weight excluding hydrogens is 454 g/mol. The van der Waals surface area contributed by atoms with Gasteiger partial charge in [-0.2, -0.15) is 5.10 Å². The zero-order valence-electron chi connectivity index (χ0n) is 21.4. The van der Waals surface area contributed by atoms with E-state index in [9.17, 15) is 0 Å². The summed E-state index contributed by atoms with van der Waals surface area (Å²) in [7, 11) is 0. The fourth-order valence-corrected chi connectivity index (χ4v) is 5.39. The van der Waals surface area contributed by atoms with E-state index in [1.807, 2.05) is 0 Å². The standard InChI is InChI=1S/C33H31N3O/c1-23-32(24(2)36(35-23)22-25-11-4-3-5-12-25)30-18-9-17-29-27(21-34-33(29)30)15-10-20-37-31-19-8-14-26-13-6-7-16-28(26)31/h3-9,11-14,16-19,21,34H,10,15,20,22H2,1-2H3. The van der Waals surface area contributed by atoms with Gasteiger partial charge in [0.15, 0.2) is 0 Å². The average molecular weight is 486 g/mol. The van der Waals surface area contributed by atoms with Gasteiger partial charge in [0.25, 0.3) is 0 Å². The summed E-state index contributed by atoms with van der Waals surface area (Å²) in [6, 6.07) is 31.7. The van der Waals surface area contributed by atoms with Crippen molar-refractivity contribution < 1.29 is 4.74 Å². The first-order valence-electron chi connectivity index (χ1n) is 13.0. The molecule has 2 heterocycles. The fraction of sp³-hybridized carbons (Fsp3) is 0.182. The summed E-state index contributed by atoms with van der Waals surface area (Å²) < 4.78 is 8.30. The van der Waals surface area contributed by atoms with E-state index >= 15 is 0 Å². The molecule has 0 amide bonds. The van der Waals surface area contributed by atoms with Gasteiger partial charge in [-0.05, 0) is 49.3 Å². The SMILES string of the molecule is Cc1nn(Cc2ccccc2)c(C)c1-c1cccc2c(CCCOc3cccc4ccccc34)c[nH]c12. The molecule has 0 aliphatic heterocycles. The normalized spacial score (nSPS) is 11.4. The molecule has 4 nitrogen and oxygen atoms in total. The summed E-state index contributed by atoms with van der Waals surface area (Å²) in [6.07, 6.45) is 4.07. The lowest BCUT2D eigenvalue weighted by Crippen LogP contribution is -2.03. The second kappa shape index (κ2) is 9.98. The molecule has 0 bridgehead atoms. The first-order chi connectivity index (χ1) is 18.2. The van der Waals surface area contributed by atoms with Crippen molar-refractivity contribution in [3.8, 4) is 16.9 Å². The smallest absolute Gasteiger partial charge is 0.127 e. The van der Waals surface area contributed by atoms with Crippen LogP contribution in [0.5, 0.6) is 5.75 Å². The van der Waals surface area contributed by atoms with Gasteiger partial charge >= 0.3 is 0 Å². The van der Waals surface area contributed by atoms with E-state index in [2.05, 4.69) is 121 Å². The zero-order chi connectivity index (χ0) is 25.2. The quantitative estimate of drug-likeness (QED) is 0.223. The van der Waals surface area contributed by atoms with Crippen molar-refractivity contribution in [1.82, 2.24) is 14.8 Å². The van der Waals surface area contributed by atoms with Gasteiger partial charge in [-0.1, -0.05) is 84.9 Å². The van der Waals surface area contributed by atoms with Gasteiger partial charge in [-0.25, -0.2) is 0 Å². The number of hydrogen-bond donors (Lipinski definition) is 1. The zero-order valence-corrected chi connectivity index (χ0v) is 21.4. The van der Waals surface area contributed by atoms with Crippen LogP contribution in [-0.4, -0.2) is 21.4 Å². The summed E-state index contributed by atoms with van der Waals surface area (Å²) in [6.45, 7) is 5.74. The van der Waals surface area contributed by atoms with Crippen LogP contribution in [0.15, 0.2) is 97.2 Å². The van der Waals surface area contributed by atoms with Crippen LogP contribution in [0, 0.1) is 13.8 Å². The Balaban J connectivity index is 1.20. The average Bonchev–Trinajstić information content (AvgIpc) is 3.47. The number of rotatable bonds is 8. The second-order valence-corrected chi connectivity index (χ2v) is 9.66. The minimum absolute atomic E-state index is 0.685. The predicted octanol–water partition coefficient (Wildman–Crippen LogP) is 7.86. The van der Waals surface area contributed by atoms with Crippen LogP contribution in [-0.2, 0) is 13.0 Å². The van der Waals surface area contributed by atoms with E-state index in [0.29, 0.717) is 6.61 Å². The Kier molecular flexibility index (Phi) is 6.23. The molecule has 0 unspecified atom stereocenters. The van der Waals surface area contributed by atoms with Crippen LogP contribution in [0.25, 0.3) is 32.8 Å². The number of H-pyrrole nitrogens is 1. The maximum absolute atomic E-state index is 6.18. The predicted molar refractivity (Wildman–Crippen MR) is 152 cm³/mol. The molecule has 0 saturated heterocycles. The van der Waals surface area contributed by atoms with E-state index in [1.54, 1.807) is 0 Å². The number of benzene rings is 4. The van der Waals surface area contributed by atoms with Gasteiger partial charge in [-0.15, -0.1) is 0 Å². The lowest BCUT2D eigenvalue weighted by Gasteiger charge is -2.09. The Bertz CT molecular complexity index is 1670. The summed E-state index contributed by atoms with van der Waals surface area (Å²) in [4.78, 5) is 3.57. The number of aromatic amines is 1. The molecule has 4 heteroatoms. The Morgan fingerprint density at radius 3 is 2.46 bits per heavy atom. The highest BCUT2D eigenvalue weighted by atomic mass is 16.5. The number of nitrogens with zero attached hydrogens (tertiary/aromatic N) is 2. The van der Waals surface area contributed by atoms with Gasteiger partial charge in [-0.3, -0.25) is 4.68 Å². The van der Waals surface area contributed by atoms with Crippen LogP contribution < -0.4 is 4.74 Å². The van der Waals surface area contributed by atoms with Crippen LogP contribution >= 0.6 is 0 Å². The van der Waals surface area contributed by atoms with Crippen molar-refractivity contribution in [1.29, 1.82) is 0 Å². The summed E-state index contributed by atoms with van der Waals surface area (Å²) >= 11 is 0. The van der Waals surface area contributed by atoms with Crippen molar-refractivity contribution in [2.24, 2.45) is 0 Å². The summed E-state index contributed by atoms with van der Waals surface area (Å²) in [5, 5.41) is 8.54. The van der Waals surface area contributed by atoms with Crippen molar-refractivity contribution in [2.75, 3.05) is 6.61 Å². The highest BCUT2D eigenvalue weighted by molar-refractivity contribution is 5.97. The minimum atomic E-state index is 0.685. The lowest BCUT2D eigenvalue weighted by atomic mass is 9.99. The van der Waals surface area contributed by atoms with E-state index < -0.39 is 0 Å². The van der Waals surface area contributed by atoms with Crippen LogP contribution in [0.4, 0.5) is 0 Å². The van der Waals surface area contributed by atoms with E-state index in [0.717, 1.165) is 30.8 Å². The molecule has 0 atom stereocenters. The fourth-order valence-electron chi connectivity index (χ4n) is 5.39. The molecule has 0 spiro atoms. The number of nitrogens with one attached hydrogen (secondary N) is 1. The topological polar surface area (TPSA) is 42.8 Å². The van der Waals surface area contributed by atoms with Gasteiger partial charge in [0.2, 0.25) is 0 Å². The molecule has 0 fully saturated rings. The summed E-state index contributed by atoms with van der Waals surface area (Å²) in [5.74, 6) is 0.956. The van der Waals surface area contributed by atoms with Crippen molar-refractivity contribution >= 4 is 21.7 Å². The Morgan fingerprint density at radius 1 is 0.811 bits per heavy atom. The lowest BCUT2D eigenvalue weighted by molar-refractivity contribution is 0.315. The second-order valence-electron chi connectivity index (χ2n) is 9.66. The molecule has 184 valence electrons. The Morgan fingerprint density at radius 2 is 1.57 bits per heavy atom. The molecule has 4 aromatic carbocycles. The third kappa shape index (κ3) is 4.51. The number of hydrogen-bond acceptors (Lipinski definition) is 2. The number of aromatic nitrogens is 3. The molecule has 0 aliphatic rings. The van der Waals surface area contributed by atoms with Crippen LogP contribution in [0.1, 0.15) is 28.9 Å². The molecule has 0 saturated carbocycles. The number of ether oxygens (including phenoxy) is 1. The maximum Gasteiger partial charge on any atom is 0.127 e. The third-order valence-electron chi connectivity index (χ3n) is 7.22. The maximum atomic E-state index is 6.18. The van der Waals surface area contributed by atoms with Gasteiger partial charge in [0.1, 0.15) is 5.75 Å². The minimum Gasteiger partial charge on any atom is -0.493 e. The first-order valence-corrected chi connectivity index (χ1v) is 13.0. The van der Waals surface area contributed by atoms with Gasteiger partial charge in [0, 0.05) is 33.8 Å².